The summed E-state index contributed by atoms with van der Waals surface area (Å²) in [5, 5.41) is 8.42. The Morgan fingerprint density at radius 3 is 2.26 bits per heavy atom. The predicted molar refractivity (Wildman–Crippen MR) is 91.9 cm³/mol. The van der Waals surface area contributed by atoms with Gasteiger partial charge in [0.15, 0.2) is 0 Å². The summed E-state index contributed by atoms with van der Waals surface area (Å²) < 4.78 is 22.3. The third kappa shape index (κ3) is 5.07. The molecule has 0 fully saturated rings. The lowest BCUT2D eigenvalue weighted by atomic mass is 10.2. The van der Waals surface area contributed by atoms with E-state index >= 15 is 0 Å². The maximum absolute atomic E-state index is 11.8. The molecule has 8 heteroatoms. The maximum Gasteiger partial charge on any atom is 0.248 e. The summed E-state index contributed by atoms with van der Waals surface area (Å²) >= 11 is 11.7. The zero-order valence-electron chi connectivity index (χ0n) is 11.7. The van der Waals surface area contributed by atoms with Crippen molar-refractivity contribution in [1.82, 2.24) is 0 Å². The minimum absolute atomic E-state index is 0.0261. The van der Waals surface area contributed by atoms with E-state index in [1.165, 1.54) is 30.3 Å². The fourth-order valence-electron chi connectivity index (χ4n) is 1.70. The summed E-state index contributed by atoms with van der Waals surface area (Å²) in [5.74, 6) is -0.376. The van der Waals surface area contributed by atoms with Gasteiger partial charge in [-0.05, 0) is 48.0 Å². The quantitative estimate of drug-likeness (QED) is 0.809. The second-order valence-electron chi connectivity index (χ2n) is 4.57. The van der Waals surface area contributed by atoms with Crippen molar-refractivity contribution >= 4 is 50.9 Å². The van der Waals surface area contributed by atoms with E-state index in [4.69, 9.17) is 28.3 Å². The van der Waals surface area contributed by atoms with E-state index in [1.54, 1.807) is 24.3 Å². The SMILES string of the molecule is NS(=O)(=O)c1ccc(NC(=O)/C=C/c2ccc(Cl)c(Cl)c2)cc1. The van der Waals surface area contributed by atoms with Crippen LogP contribution in [0.4, 0.5) is 5.69 Å². The van der Waals surface area contributed by atoms with Crippen molar-refractivity contribution in [3.63, 3.8) is 0 Å². The Morgan fingerprint density at radius 1 is 1.04 bits per heavy atom. The number of nitrogens with two attached hydrogens (primary N) is 1. The highest BCUT2D eigenvalue weighted by atomic mass is 35.5. The maximum atomic E-state index is 11.8. The molecule has 0 bridgehead atoms. The van der Waals surface area contributed by atoms with Gasteiger partial charge in [0.05, 0.1) is 14.9 Å². The average molecular weight is 371 g/mol. The lowest BCUT2D eigenvalue weighted by Gasteiger charge is -2.03. The topological polar surface area (TPSA) is 89.3 Å². The third-order valence-electron chi connectivity index (χ3n) is 2.82. The van der Waals surface area contributed by atoms with Crippen LogP contribution in [0.25, 0.3) is 6.08 Å². The van der Waals surface area contributed by atoms with Crippen molar-refractivity contribution in [2.45, 2.75) is 4.90 Å². The van der Waals surface area contributed by atoms with Crippen LogP contribution < -0.4 is 10.5 Å². The molecule has 120 valence electrons. The number of carbonyl (C=O) groups excluding carboxylic acids is 1. The molecule has 0 spiro atoms. The Bertz CT molecular complexity index is 863. The van der Waals surface area contributed by atoms with Gasteiger partial charge in [0.1, 0.15) is 0 Å². The molecule has 0 aliphatic carbocycles. The van der Waals surface area contributed by atoms with Gasteiger partial charge in [-0.15, -0.1) is 0 Å². The molecule has 3 N–H and O–H groups in total. The molecule has 0 aliphatic rings. The number of primary sulfonamides is 1. The van der Waals surface area contributed by atoms with E-state index in [0.717, 1.165) is 5.56 Å². The van der Waals surface area contributed by atoms with Crippen molar-refractivity contribution in [1.29, 1.82) is 0 Å². The molecule has 0 unspecified atom stereocenters. The zero-order chi connectivity index (χ0) is 17.0. The Kier molecular flexibility index (Phi) is 5.43. The van der Waals surface area contributed by atoms with Crippen molar-refractivity contribution in [3.05, 3.63) is 64.1 Å². The van der Waals surface area contributed by atoms with Crippen LogP contribution in [-0.2, 0) is 14.8 Å². The lowest BCUT2D eigenvalue weighted by molar-refractivity contribution is -0.111. The van der Waals surface area contributed by atoms with Gasteiger partial charge in [-0.25, -0.2) is 13.6 Å². The Balaban J connectivity index is 2.04. The highest BCUT2D eigenvalue weighted by molar-refractivity contribution is 7.89. The summed E-state index contributed by atoms with van der Waals surface area (Å²) in [6.07, 6.45) is 2.91. The molecule has 23 heavy (non-hydrogen) atoms. The first kappa shape index (κ1) is 17.5. The van der Waals surface area contributed by atoms with Gasteiger partial charge in [0.25, 0.3) is 0 Å². The molecular weight excluding hydrogens is 359 g/mol. The third-order valence-corrected chi connectivity index (χ3v) is 4.49. The molecule has 1 amide bonds. The average Bonchev–Trinajstić information content (AvgIpc) is 2.48. The predicted octanol–water partition coefficient (Wildman–Crippen LogP) is 3.29. The monoisotopic (exact) mass is 370 g/mol. The first-order valence-electron chi connectivity index (χ1n) is 6.33. The van der Waals surface area contributed by atoms with E-state index in [9.17, 15) is 13.2 Å². The molecule has 0 saturated heterocycles. The van der Waals surface area contributed by atoms with Gasteiger partial charge >= 0.3 is 0 Å². The summed E-state index contributed by atoms with van der Waals surface area (Å²) in [6, 6.07) is 10.5. The van der Waals surface area contributed by atoms with Crippen LogP contribution in [0, 0.1) is 0 Å². The van der Waals surface area contributed by atoms with Crippen LogP contribution in [0.15, 0.2) is 53.4 Å². The minimum Gasteiger partial charge on any atom is -0.323 e. The number of carbonyl (C=O) groups is 1. The number of anilines is 1. The number of benzene rings is 2. The molecule has 2 aromatic rings. The van der Waals surface area contributed by atoms with Crippen LogP contribution >= 0.6 is 23.2 Å². The molecular formula is C15H12Cl2N2O3S. The van der Waals surface area contributed by atoms with E-state index in [-0.39, 0.29) is 10.8 Å². The van der Waals surface area contributed by atoms with E-state index in [0.29, 0.717) is 15.7 Å². The van der Waals surface area contributed by atoms with Crippen LogP contribution in [0.2, 0.25) is 10.0 Å². The molecule has 0 aliphatic heterocycles. The molecule has 0 heterocycles. The molecule has 5 nitrogen and oxygen atoms in total. The smallest absolute Gasteiger partial charge is 0.248 e. The number of hydrogen-bond donors (Lipinski definition) is 2. The number of halogens is 2. The molecule has 0 aromatic heterocycles. The number of amides is 1. The van der Waals surface area contributed by atoms with Gasteiger partial charge in [-0.1, -0.05) is 29.3 Å². The molecule has 0 radical (unpaired) electrons. The summed E-state index contributed by atoms with van der Waals surface area (Å²) in [4.78, 5) is 11.8. The fourth-order valence-corrected chi connectivity index (χ4v) is 2.52. The molecule has 0 saturated carbocycles. The summed E-state index contributed by atoms with van der Waals surface area (Å²) in [5.41, 5.74) is 1.17. The number of rotatable bonds is 4. The van der Waals surface area contributed by atoms with Crippen LogP contribution in [0.5, 0.6) is 0 Å². The standard InChI is InChI=1S/C15H12Cl2N2O3S/c16-13-7-1-10(9-14(13)17)2-8-15(20)19-11-3-5-12(6-4-11)23(18,21)22/h1-9H,(H,19,20)(H2,18,21,22)/b8-2+. The number of nitrogens with one attached hydrogen (secondary N) is 1. The summed E-state index contributed by atoms with van der Waals surface area (Å²) in [6.45, 7) is 0. The number of sulfonamides is 1. The van der Waals surface area contributed by atoms with Gasteiger partial charge < -0.3 is 5.32 Å². The second-order valence-corrected chi connectivity index (χ2v) is 6.94. The van der Waals surface area contributed by atoms with Gasteiger partial charge in [0, 0.05) is 11.8 Å². The summed E-state index contributed by atoms with van der Waals surface area (Å²) in [7, 11) is -3.75. The Morgan fingerprint density at radius 2 is 1.70 bits per heavy atom. The first-order valence-corrected chi connectivity index (χ1v) is 8.63. The normalized spacial score (nSPS) is 11.6. The highest BCUT2D eigenvalue weighted by Crippen LogP contribution is 2.23. The van der Waals surface area contributed by atoms with Crippen molar-refractivity contribution < 1.29 is 13.2 Å². The molecule has 2 rings (SSSR count). The highest BCUT2D eigenvalue weighted by Gasteiger charge is 2.07. The number of hydrogen-bond acceptors (Lipinski definition) is 3. The van der Waals surface area contributed by atoms with Gasteiger partial charge in [-0.2, -0.15) is 0 Å². The second kappa shape index (κ2) is 7.14. The first-order chi connectivity index (χ1) is 10.8. The zero-order valence-corrected chi connectivity index (χ0v) is 14.0. The lowest BCUT2D eigenvalue weighted by Crippen LogP contribution is -2.12. The van der Waals surface area contributed by atoms with Crippen molar-refractivity contribution in [2.75, 3.05) is 5.32 Å². The van der Waals surface area contributed by atoms with Crippen LogP contribution in [0.1, 0.15) is 5.56 Å². The Hall–Kier alpha value is -1.86. The minimum atomic E-state index is -3.75. The Labute approximate surface area is 143 Å². The van der Waals surface area contributed by atoms with Gasteiger partial charge in [-0.3, -0.25) is 4.79 Å². The van der Waals surface area contributed by atoms with E-state index in [1.807, 2.05) is 0 Å². The van der Waals surface area contributed by atoms with E-state index < -0.39 is 10.0 Å². The van der Waals surface area contributed by atoms with Gasteiger partial charge in [0.2, 0.25) is 15.9 Å². The largest absolute Gasteiger partial charge is 0.323 e. The molecule has 2 aromatic carbocycles. The van der Waals surface area contributed by atoms with Crippen LogP contribution in [0.3, 0.4) is 0 Å². The fraction of sp³-hybridized carbons (Fsp3) is 0. The van der Waals surface area contributed by atoms with Crippen molar-refractivity contribution in [3.8, 4) is 0 Å². The van der Waals surface area contributed by atoms with E-state index in [2.05, 4.69) is 5.32 Å². The van der Waals surface area contributed by atoms with Crippen LogP contribution in [-0.4, -0.2) is 14.3 Å². The molecule has 0 atom stereocenters. The van der Waals surface area contributed by atoms with Crippen molar-refractivity contribution in [2.24, 2.45) is 5.14 Å².